The maximum absolute atomic E-state index is 11.1. The average molecular weight is 302 g/mol. The Morgan fingerprint density at radius 1 is 1.11 bits per heavy atom. The minimum absolute atomic E-state index is 0.317. The molecule has 0 bridgehead atoms. The average Bonchev–Trinajstić information content (AvgIpc) is 2.77. The SMILES string of the molecule is O=Nc1c(-c2ccccc2Br)nc2ccccn12. The number of halogens is 1. The van der Waals surface area contributed by atoms with Crippen LogP contribution in [0.25, 0.3) is 16.9 Å². The summed E-state index contributed by atoms with van der Waals surface area (Å²) < 4.78 is 2.57. The van der Waals surface area contributed by atoms with Crippen LogP contribution in [0.15, 0.2) is 58.3 Å². The number of imidazole rings is 1. The summed E-state index contributed by atoms with van der Waals surface area (Å²) in [4.78, 5) is 15.5. The van der Waals surface area contributed by atoms with Crippen molar-refractivity contribution in [2.24, 2.45) is 5.18 Å². The number of hydrogen-bond donors (Lipinski definition) is 0. The third-order valence-corrected chi connectivity index (χ3v) is 3.41. The maximum atomic E-state index is 11.1. The van der Waals surface area contributed by atoms with Crippen molar-refractivity contribution in [3.63, 3.8) is 0 Å². The summed E-state index contributed by atoms with van der Waals surface area (Å²) in [5.74, 6) is 0.317. The molecule has 0 atom stereocenters. The first-order valence-electron chi connectivity index (χ1n) is 5.36. The monoisotopic (exact) mass is 301 g/mol. The van der Waals surface area contributed by atoms with Gasteiger partial charge in [-0.15, -0.1) is 4.91 Å². The lowest BCUT2D eigenvalue weighted by molar-refractivity contribution is 1.16. The molecule has 4 nitrogen and oxygen atoms in total. The van der Waals surface area contributed by atoms with E-state index in [4.69, 9.17) is 0 Å². The van der Waals surface area contributed by atoms with E-state index in [-0.39, 0.29) is 0 Å². The summed E-state index contributed by atoms with van der Waals surface area (Å²) in [5, 5.41) is 3.11. The number of nitroso groups, excluding NO2 is 1. The number of hydrogen-bond acceptors (Lipinski definition) is 3. The van der Waals surface area contributed by atoms with Crippen LogP contribution in [-0.4, -0.2) is 9.38 Å². The number of fused-ring (bicyclic) bond motifs is 1. The number of nitrogens with zero attached hydrogens (tertiary/aromatic N) is 3. The first-order valence-corrected chi connectivity index (χ1v) is 6.16. The Kier molecular flexibility index (Phi) is 2.68. The second-order valence-electron chi connectivity index (χ2n) is 3.78. The van der Waals surface area contributed by atoms with E-state index in [1.54, 1.807) is 10.6 Å². The highest BCUT2D eigenvalue weighted by atomic mass is 79.9. The molecule has 0 aliphatic rings. The molecule has 0 radical (unpaired) electrons. The van der Waals surface area contributed by atoms with E-state index >= 15 is 0 Å². The molecule has 5 heteroatoms. The minimum Gasteiger partial charge on any atom is -0.281 e. The Balaban J connectivity index is 2.36. The molecule has 2 heterocycles. The second-order valence-corrected chi connectivity index (χ2v) is 4.64. The van der Waals surface area contributed by atoms with Crippen molar-refractivity contribution < 1.29 is 0 Å². The maximum Gasteiger partial charge on any atom is 0.209 e. The lowest BCUT2D eigenvalue weighted by Crippen LogP contribution is -1.81. The van der Waals surface area contributed by atoms with Gasteiger partial charge in [0.1, 0.15) is 11.3 Å². The van der Waals surface area contributed by atoms with Crippen LogP contribution in [0.2, 0.25) is 0 Å². The third-order valence-electron chi connectivity index (χ3n) is 2.72. The fourth-order valence-electron chi connectivity index (χ4n) is 1.90. The molecular weight excluding hydrogens is 294 g/mol. The molecule has 3 aromatic rings. The van der Waals surface area contributed by atoms with Crippen LogP contribution in [0.5, 0.6) is 0 Å². The quantitative estimate of drug-likeness (QED) is 0.667. The molecule has 0 unspecified atom stereocenters. The summed E-state index contributed by atoms with van der Waals surface area (Å²) >= 11 is 3.46. The van der Waals surface area contributed by atoms with Crippen LogP contribution in [0.3, 0.4) is 0 Å². The molecule has 0 aliphatic carbocycles. The van der Waals surface area contributed by atoms with Crippen LogP contribution in [0.4, 0.5) is 5.82 Å². The lowest BCUT2D eigenvalue weighted by atomic mass is 10.1. The first-order chi connectivity index (χ1) is 8.81. The van der Waals surface area contributed by atoms with Crippen molar-refractivity contribution in [3.8, 4) is 11.3 Å². The fraction of sp³-hybridized carbons (Fsp3) is 0. The Morgan fingerprint density at radius 2 is 1.89 bits per heavy atom. The van der Waals surface area contributed by atoms with Gasteiger partial charge < -0.3 is 0 Å². The smallest absolute Gasteiger partial charge is 0.209 e. The van der Waals surface area contributed by atoms with Gasteiger partial charge in [-0.2, -0.15) is 0 Å². The molecule has 2 aromatic heterocycles. The van der Waals surface area contributed by atoms with Gasteiger partial charge >= 0.3 is 0 Å². The predicted molar refractivity (Wildman–Crippen MR) is 73.8 cm³/mol. The van der Waals surface area contributed by atoms with Crippen molar-refractivity contribution >= 4 is 27.4 Å². The molecule has 0 saturated heterocycles. The van der Waals surface area contributed by atoms with Crippen LogP contribution < -0.4 is 0 Å². The lowest BCUT2D eigenvalue weighted by Gasteiger charge is -2.00. The van der Waals surface area contributed by atoms with Gasteiger partial charge in [-0.1, -0.05) is 40.2 Å². The largest absolute Gasteiger partial charge is 0.281 e. The molecule has 88 valence electrons. The standard InChI is InChI=1S/C13H8BrN3O/c14-10-6-2-1-5-9(10)12-13(16-18)17-8-4-3-7-11(17)15-12/h1-8H. The van der Waals surface area contributed by atoms with Gasteiger partial charge in [0, 0.05) is 16.2 Å². The zero-order valence-electron chi connectivity index (χ0n) is 9.25. The van der Waals surface area contributed by atoms with E-state index in [0.717, 1.165) is 10.0 Å². The van der Waals surface area contributed by atoms with Gasteiger partial charge in [0.05, 0.1) is 0 Å². The van der Waals surface area contributed by atoms with Gasteiger partial charge in [0.25, 0.3) is 0 Å². The molecule has 18 heavy (non-hydrogen) atoms. The first kappa shape index (κ1) is 11.1. The van der Waals surface area contributed by atoms with Crippen LogP contribution in [0, 0.1) is 4.91 Å². The zero-order chi connectivity index (χ0) is 12.5. The van der Waals surface area contributed by atoms with Crippen molar-refractivity contribution in [1.82, 2.24) is 9.38 Å². The normalized spacial score (nSPS) is 10.7. The Labute approximate surface area is 111 Å². The fourth-order valence-corrected chi connectivity index (χ4v) is 2.38. The van der Waals surface area contributed by atoms with Crippen molar-refractivity contribution in [3.05, 3.63) is 58.0 Å². The molecule has 1 aromatic carbocycles. The zero-order valence-corrected chi connectivity index (χ0v) is 10.8. The topological polar surface area (TPSA) is 46.7 Å². The predicted octanol–water partition coefficient (Wildman–Crippen LogP) is 4.16. The van der Waals surface area contributed by atoms with Gasteiger partial charge in [-0.05, 0) is 23.4 Å². The van der Waals surface area contributed by atoms with Crippen molar-refractivity contribution in [2.75, 3.05) is 0 Å². The summed E-state index contributed by atoms with van der Waals surface area (Å²) in [6, 6.07) is 13.2. The molecular formula is C13H8BrN3O. The highest BCUT2D eigenvalue weighted by molar-refractivity contribution is 9.10. The molecule has 0 N–H and O–H groups in total. The molecule has 0 amide bonds. The van der Waals surface area contributed by atoms with E-state index in [1.165, 1.54) is 0 Å². The Bertz CT molecular complexity index is 736. The highest BCUT2D eigenvalue weighted by Gasteiger charge is 2.15. The molecule has 0 aliphatic heterocycles. The summed E-state index contributed by atoms with van der Waals surface area (Å²) in [7, 11) is 0. The van der Waals surface area contributed by atoms with Crippen LogP contribution >= 0.6 is 15.9 Å². The summed E-state index contributed by atoms with van der Waals surface area (Å²) in [6.07, 6.45) is 1.78. The number of pyridine rings is 1. The highest BCUT2D eigenvalue weighted by Crippen LogP contribution is 2.34. The molecule has 0 saturated carbocycles. The second kappa shape index (κ2) is 4.34. The van der Waals surface area contributed by atoms with Gasteiger partial charge in [0.15, 0.2) is 0 Å². The minimum atomic E-state index is 0.317. The summed E-state index contributed by atoms with van der Waals surface area (Å²) in [5.41, 5.74) is 2.15. The van der Waals surface area contributed by atoms with E-state index in [9.17, 15) is 4.91 Å². The van der Waals surface area contributed by atoms with Gasteiger partial charge in [-0.25, -0.2) is 4.98 Å². The Morgan fingerprint density at radius 3 is 2.67 bits per heavy atom. The van der Waals surface area contributed by atoms with Crippen molar-refractivity contribution in [1.29, 1.82) is 0 Å². The number of benzene rings is 1. The van der Waals surface area contributed by atoms with E-state index in [2.05, 4.69) is 26.1 Å². The van der Waals surface area contributed by atoms with E-state index < -0.39 is 0 Å². The van der Waals surface area contributed by atoms with E-state index in [1.807, 2.05) is 42.5 Å². The number of rotatable bonds is 2. The molecule has 3 rings (SSSR count). The van der Waals surface area contributed by atoms with E-state index in [0.29, 0.717) is 17.2 Å². The third kappa shape index (κ3) is 1.64. The number of aromatic nitrogens is 2. The summed E-state index contributed by atoms with van der Waals surface area (Å²) in [6.45, 7) is 0. The van der Waals surface area contributed by atoms with Crippen LogP contribution in [-0.2, 0) is 0 Å². The van der Waals surface area contributed by atoms with Crippen LogP contribution in [0.1, 0.15) is 0 Å². The molecule has 0 fully saturated rings. The van der Waals surface area contributed by atoms with Gasteiger partial charge in [0.2, 0.25) is 5.82 Å². The Hall–Kier alpha value is -2.01. The van der Waals surface area contributed by atoms with Crippen molar-refractivity contribution in [2.45, 2.75) is 0 Å². The molecule has 0 spiro atoms. The van der Waals surface area contributed by atoms with Gasteiger partial charge in [-0.3, -0.25) is 4.40 Å².